The Balaban J connectivity index is 2.17. The molecule has 0 unspecified atom stereocenters. The summed E-state index contributed by atoms with van der Waals surface area (Å²) in [6.07, 6.45) is 0. The summed E-state index contributed by atoms with van der Waals surface area (Å²) in [5, 5.41) is 11.3. The maximum Gasteiger partial charge on any atom is 0.282 e. The van der Waals surface area contributed by atoms with Crippen LogP contribution in [0.25, 0.3) is 22.0 Å². The molecule has 0 bridgehead atoms. The third kappa shape index (κ3) is 3.47. The van der Waals surface area contributed by atoms with Crippen LogP contribution in [-0.2, 0) is 0 Å². The number of H-pyrrole nitrogens is 1. The van der Waals surface area contributed by atoms with Gasteiger partial charge in [-0.1, -0.05) is 12.1 Å². The number of halogens is 1. The first-order valence-electron chi connectivity index (χ1n) is 7.17. The summed E-state index contributed by atoms with van der Waals surface area (Å²) in [5.74, 6) is 4.07. The van der Waals surface area contributed by atoms with E-state index in [4.69, 9.17) is 5.84 Å². The Morgan fingerprint density at radius 1 is 1.28 bits per heavy atom. The van der Waals surface area contributed by atoms with Gasteiger partial charge in [-0.15, -0.1) is 0 Å². The van der Waals surface area contributed by atoms with Crippen molar-refractivity contribution >= 4 is 28.6 Å². The summed E-state index contributed by atoms with van der Waals surface area (Å²) in [5.41, 5.74) is 4.17. The van der Waals surface area contributed by atoms with Gasteiger partial charge in [0.05, 0.1) is 0 Å². The number of carbonyl (C=O) groups is 1. The molecular formula is C16H13FN4O3S. The number of carbonyl (C=O) groups excluding carboxylic acids is 1. The van der Waals surface area contributed by atoms with Crippen LogP contribution in [0.2, 0.25) is 0 Å². The van der Waals surface area contributed by atoms with Crippen LogP contribution in [0, 0.1) is 15.9 Å². The summed E-state index contributed by atoms with van der Waals surface area (Å²) < 4.78 is 13.2. The molecule has 0 aliphatic carbocycles. The molecule has 1 amide bonds. The normalized spacial score (nSPS) is 10.8. The van der Waals surface area contributed by atoms with E-state index in [0.717, 1.165) is 11.8 Å². The fourth-order valence-corrected chi connectivity index (χ4v) is 3.17. The Morgan fingerprint density at radius 2 is 2.00 bits per heavy atom. The molecule has 0 atom stereocenters. The zero-order chi connectivity index (χ0) is 18.0. The molecule has 0 spiro atoms. The SMILES string of the molecule is NNC(=O)c1[nH]c2ccc(SC[N+](=O)[O-])cc2c1-c1ccc(F)cc1. The van der Waals surface area contributed by atoms with Crippen LogP contribution < -0.4 is 11.3 Å². The first-order chi connectivity index (χ1) is 12.0. The van der Waals surface area contributed by atoms with Crippen LogP contribution >= 0.6 is 11.8 Å². The van der Waals surface area contributed by atoms with Crippen molar-refractivity contribution in [2.75, 3.05) is 5.88 Å². The van der Waals surface area contributed by atoms with Crippen molar-refractivity contribution in [2.45, 2.75) is 4.90 Å². The standard InChI is InChI=1S/C16H13FN4O3S/c17-10-3-1-9(2-4-10)14-12-7-11(25-8-21(23)24)5-6-13(12)19-15(14)16(22)20-18/h1-7,19H,8,18H2,(H,20,22). The molecule has 0 saturated heterocycles. The van der Waals surface area contributed by atoms with Gasteiger partial charge >= 0.3 is 0 Å². The Kier molecular flexibility index (Phi) is 4.68. The second kappa shape index (κ2) is 6.91. The van der Waals surface area contributed by atoms with Crippen molar-refractivity contribution in [1.82, 2.24) is 10.4 Å². The van der Waals surface area contributed by atoms with Crippen LogP contribution in [-0.4, -0.2) is 21.7 Å². The largest absolute Gasteiger partial charge is 0.350 e. The average molecular weight is 360 g/mol. The van der Waals surface area contributed by atoms with Crippen LogP contribution in [0.1, 0.15) is 10.5 Å². The summed E-state index contributed by atoms with van der Waals surface area (Å²) in [6, 6.07) is 10.9. The van der Waals surface area contributed by atoms with Crippen molar-refractivity contribution in [1.29, 1.82) is 0 Å². The van der Waals surface area contributed by atoms with E-state index in [1.807, 2.05) is 0 Å². The molecule has 0 radical (unpaired) electrons. The number of hydrogen-bond acceptors (Lipinski definition) is 5. The molecule has 0 fully saturated rings. The molecule has 0 aliphatic rings. The van der Waals surface area contributed by atoms with Gasteiger partial charge in [-0.25, -0.2) is 10.2 Å². The van der Waals surface area contributed by atoms with E-state index in [-0.39, 0.29) is 11.6 Å². The number of amides is 1. The van der Waals surface area contributed by atoms with Gasteiger partial charge in [0.15, 0.2) is 0 Å². The molecule has 1 aromatic heterocycles. The van der Waals surface area contributed by atoms with Gasteiger partial charge in [-0.3, -0.25) is 20.3 Å². The van der Waals surface area contributed by atoms with Crippen LogP contribution in [0.5, 0.6) is 0 Å². The number of hydrogen-bond donors (Lipinski definition) is 3. The Hall–Kier alpha value is -2.91. The van der Waals surface area contributed by atoms with E-state index in [0.29, 0.717) is 26.9 Å². The maximum atomic E-state index is 13.2. The summed E-state index contributed by atoms with van der Waals surface area (Å²) in [7, 11) is 0. The number of nitrogens with two attached hydrogens (primary N) is 1. The number of hydrazine groups is 1. The van der Waals surface area contributed by atoms with E-state index in [1.54, 1.807) is 30.3 Å². The second-order valence-electron chi connectivity index (χ2n) is 5.17. The summed E-state index contributed by atoms with van der Waals surface area (Å²) in [4.78, 5) is 25.9. The van der Waals surface area contributed by atoms with E-state index in [9.17, 15) is 19.3 Å². The molecule has 3 rings (SSSR count). The van der Waals surface area contributed by atoms with Crippen molar-refractivity contribution in [3.8, 4) is 11.1 Å². The predicted octanol–water partition coefficient (Wildman–Crippen LogP) is 2.90. The first-order valence-corrected chi connectivity index (χ1v) is 8.15. The van der Waals surface area contributed by atoms with E-state index >= 15 is 0 Å². The lowest BCUT2D eigenvalue weighted by atomic mass is 10.0. The number of fused-ring (bicyclic) bond motifs is 1. The fraction of sp³-hybridized carbons (Fsp3) is 0.0625. The smallest absolute Gasteiger partial charge is 0.282 e. The molecule has 3 aromatic rings. The highest BCUT2D eigenvalue weighted by Crippen LogP contribution is 2.35. The number of rotatable bonds is 5. The highest BCUT2D eigenvalue weighted by molar-refractivity contribution is 7.99. The number of aromatic nitrogens is 1. The number of benzene rings is 2. The molecule has 0 saturated carbocycles. The zero-order valence-electron chi connectivity index (χ0n) is 12.8. The van der Waals surface area contributed by atoms with E-state index < -0.39 is 16.6 Å². The maximum absolute atomic E-state index is 13.2. The number of nitro groups is 1. The number of aromatic amines is 1. The summed E-state index contributed by atoms with van der Waals surface area (Å²) >= 11 is 1.07. The van der Waals surface area contributed by atoms with Crippen molar-refractivity contribution in [3.63, 3.8) is 0 Å². The Bertz CT molecular complexity index is 956. The lowest BCUT2D eigenvalue weighted by Gasteiger charge is -2.05. The Morgan fingerprint density at radius 3 is 2.64 bits per heavy atom. The third-order valence-electron chi connectivity index (χ3n) is 3.60. The number of thioether (sulfide) groups is 1. The quantitative estimate of drug-likeness (QED) is 0.162. The minimum Gasteiger partial charge on any atom is -0.350 e. The van der Waals surface area contributed by atoms with Gasteiger partial charge in [-0.2, -0.15) is 0 Å². The average Bonchev–Trinajstić information content (AvgIpc) is 2.98. The molecule has 25 heavy (non-hydrogen) atoms. The van der Waals surface area contributed by atoms with Crippen LogP contribution in [0.15, 0.2) is 47.4 Å². The third-order valence-corrected chi connectivity index (χ3v) is 4.52. The number of nitrogen functional groups attached to an aromatic ring is 1. The Labute approximate surface area is 145 Å². The van der Waals surface area contributed by atoms with Crippen LogP contribution in [0.4, 0.5) is 4.39 Å². The molecule has 2 aromatic carbocycles. The van der Waals surface area contributed by atoms with Gasteiger partial charge in [-0.05, 0) is 47.7 Å². The van der Waals surface area contributed by atoms with E-state index in [1.165, 1.54) is 12.1 Å². The molecule has 4 N–H and O–H groups in total. The molecule has 9 heteroatoms. The topological polar surface area (TPSA) is 114 Å². The first kappa shape index (κ1) is 16.9. The van der Waals surface area contributed by atoms with Crippen molar-refractivity contribution < 1.29 is 14.1 Å². The minimum absolute atomic E-state index is 0.237. The fourth-order valence-electron chi connectivity index (χ4n) is 2.55. The van der Waals surface area contributed by atoms with Gasteiger partial charge in [0.2, 0.25) is 0 Å². The minimum atomic E-state index is -0.519. The molecular weight excluding hydrogens is 347 g/mol. The highest BCUT2D eigenvalue weighted by Gasteiger charge is 2.19. The number of nitrogens with one attached hydrogen (secondary N) is 2. The molecule has 7 nitrogen and oxygen atoms in total. The van der Waals surface area contributed by atoms with Gasteiger partial charge in [0.1, 0.15) is 11.5 Å². The molecule has 1 heterocycles. The lowest BCUT2D eigenvalue weighted by Crippen LogP contribution is -2.30. The van der Waals surface area contributed by atoms with Gasteiger partial charge in [0.25, 0.3) is 11.8 Å². The number of nitrogens with zero attached hydrogens (tertiary/aromatic N) is 1. The lowest BCUT2D eigenvalue weighted by molar-refractivity contribution is -0.456. The second-order valence-corrected chi connectivity index (χ2v) is 6.19. The van der Waals surface area contributed by atoms with Gasteiger partial charge < -0.3 is 4.98 Å². The van der Waals surface area contributed by atoms with Crippen molar-refractivity contribution in [3.05, 3.63) is 64.1 Å². The zero-order valence-corrected chi connectivity index (χ0v) is 13.6. The molecule has 0 aliphatic heterocycles. The van der Waals surface area contributed by atoms with Crippen molar-refractivity contribution in [2.24, 2.45) is 5.84 Å². The van der Waals surface area contributed by atoms with E-state index in [2.05, 4.69) is 10.4 Å². The van der Waals surface area contributed by atoms with Crippen LogP contribution in [0.3, 0.4) is 0 Å². The summed E-state index contributed by atoms with van der Waals surface area (Å²) in [6.45, 7) is 0. The van der Waals surface area contributed by atoms with Gasteiger partial charge in [0, 0.05) is 26.3 Å². The monoisotopic (exact) mass is 360 g/mol. The predicted molar refractivity (Wildman–Crippen MR) is 93.1 cm³/mol. The highest BCUT2D eigenvalue weighted by atomic mass is 32.2. The molecule has 128 valence electrons.